The summed E-state index contributed by atoms with van der Waals surface area (Å²) in [6.07, 6.45) is 7.11. The van der Waals surface area contributed by atoms with Crippen LogP contribution in [0.2, 0.25) is 0 Å². The minimum atomic E-state index is -0.189. The standard InChI is InChI=1S/C25H27N3O2S/c1-16-14-18(27-24(29)25(2)9-10-25)4-5-20(16)30-21-6-11-26-19-15-22(31-23(19)21)17-7-12-28(3)13-8-17/h4-7,11,14-15H,8-10,12-13H2,1-3H3,(H,27,29). The smallest absolute Gasteiger partial charge is 0.230 e. The quantitative estimate of drug-likeness (QED) is 0.548. The van der Waals surface area contributed by atoms with Gasteiger partial charge in [-0.3, -0.25) is 9.78 Å². The van der Waals surface area contributed by atoms with Crippen molar-refractivity contribution in [2.45, 2.75) is 33.1 Å². The molecular weight excluding hydrogens is 406 g/mol. The van der Waals surface area contributed by atoms with Gasteiger partial charge < -0.3 is 15.0 Å². The highest BCUT2D eigenvalue weighted by Gasteiger charge is 2.44. The van der Waals surface area contributed by atoms with Crippen LogP contribution in [0.5, 0.6) is 11.5 Å². The summed E-state index contributed by atoms with van der Waals surface area (Å²) in [4.78, 5) is 20.5. The normalized spacial score (nSPS) is 18.0. The third-order valence-corrected chi connectivity index (χ3v) is 7.52. The topological polar surface area (TPSA) is 54.5 Å². The lowest BCUT2D eigenvalue weighted by atomic mass is 10.1. The van der Waals surface area contributed by atoms with Crippen LogP contribution >= 0.6 is 11.3 Å². The average molecular weight is 434 g/mol. The van der Waals surface area contributed by atoms with Crippen LogP contribution in [-0.4, -0.2) is 35.9 Å². The molecule has 2 aliphatic rings. The summed E-state index contributed by atoms with van der Waals surface area (Å²) in [7, 11) is 2.15. The van der Waals surface area contributed by atoms with Gasteiger partial charge in [-0.1, -0.05) is 13.0 Å². The number of nitrogens with one attached hydrogen (secondary N) is 1. The van der Waals surface area contributed by atoms with Crippen LogP contribution in [0.4, 0.5) is 5.69 Å². The third-order valence-electron chi connectivity index (χ3n) is 6.31. The molecule has 0 radical (unpaired) electrons. The van der Waals surface area contributed by atoms with Gasteiger partial charge in [0, 0.05) is 41.3 Å². The summed E-state index contributed by atoms with van der Waals surface area (Å²) in [6.45, 7) is 6.09. The molecule has 160 valence electrons. The molecule has 5 nitrogen and oxygen atoms in total. The maximum atomic E-state index is 12.3. The Bertz CT molecular complexity index is 1190. The third kappa shape index (κ3) is 4.10. The molecule has 2 aromatic heterocycles. The van der Waals surface area contributed by atoms with Crippen LogP contribution in [0.3, 0.4) is 0 Å². The number of aryl methyl sites for hydroxylation is 1. The van der Waals surface area contributed by atoms with E-state index in [0.717, 1.165) is 65.3 Å². The van der Waals surface area contributed by atoms with Crippen LogP contribution in [0.1, 0.15) is 36.6 Å². The molecule has 1 aliphatic heterocycles. The summed E-state index contributed by atoms with van der Waals surface area (Å²) in [5.74, 6) is 1.71. The van der Waals surface area contributed by atoms with Gasteiger partial charge in [-0.2, -0.15) is 0 Å². The van der Waals surface area contributed by atoms with Crippen molar-refractivity contribution in [2.75, 3.05) is 25.5 Å². The van der Waals surface area contributed by atoms with E-state index in [1.165, 1.54) is 10.5 Å². The number of aromatic nitrogens is 1. The first-order valence-electron chi connectivity index (χ1n) is 10.8. The van der Waals surface area contributed by atoms with Crippen LogP contribution in [-0.2, 0) is 4.79 Å². The van der Waals surface area contributed by atoms with Crippen molar-refractivity contribution in [2.24, 2.45) is 5.41 Å². The highest BCUT2D eigenvalue weighted by atomic mass is 32.1. The SMILES string of the molecule is Cc1cc(NC(=O)C2(C)CC2)ccc1Oc1ccnc2cc(C3=CCN(C)CC3)sc12. The van der Waals surface area contributed by atoms with Gasteiger partial charge in [0.15, 0.2) is 0 Å². The molecule has 1 saturated carbocycles. The van der Waals surface area contributed by atoms with E-state index in [1.54, 1.807) is 17.5 Å². The van der Waals surface area contributed by atoms with Crippen LogP contribution in [0, 0.1) is 12.3 Å². The molecule has 0 spiro atoms. The fourth-order valence-electron chi connectivity index (χ4n) is 3.80. The molecule has 1 aromatic carbocycles. The molecular formula is C25H27N3O2S. The number of ether oxygens (including phenoxy) is 1. The molecule has 0 unspecified atom stereocenters. The molecule has 31 heavy (non-hydrogen) atoms. The van der Waals surface area contributed by atoms with Gasteiger partial charge >= 0.3 is 0 Å². The average Bonchev–Trinajstić information content (AvgIpc) is 3.35. The van der Waals surface area contributed by atoms with Gasteiger partial charge in [0.1, 0.15) is 11.5 Å². The largest absolute Gasteiger partial charge is 0.455 e. The first-order valence-corrected chi connectivity index (χ1v) is 11.6. The van der Waals surface area contributed by atoms with Crippen molar-refractivity contribution in [1.29, 1.82) is 0 Å². The van der Waals surface area contributed by atoms with Gasteiger partial charge in [-0.25, -0.2) is 0 Å². The zero-order chi connectivity index (χ0) is 21.6. The maximum absolute atomic E-state index is 12.3. The van der Waals surface area contributed by atoms with Crippen molar-refractivity contribution in [3.8, 4) is 11.5 Å². The van der Waals surface area contributed by atoms with Gasteiger partial charge in [-0.15, -0.1) is 11.3 Å². The summed E-state index contributed by atoms with van der Waals surface area (Å²) >= 11 is 1.75. The fraction of sp³-hybridized carbons (Fsp3) is 0.360. The van der Waals surface area contributed by atoms with E-state index in [2.05, 4.69) is 34.4 Å². The number of benzene rings is 1. The summed E-state index contributed by atoms with van der Waals surface area (Å²) < 4.78 is 7.38. The number of anilines is 1. The zero-order valence-electron chi connectivity index (χ0n) is 18.2. The van der Waals surface area contributed by atoms with Gasteiger partial charge in [0.05, 0.1) is 10.2 Å². The lowest BCUT2D eigenvalue weighted by molar-refractivity contribution is -0.120. The van der Waals surface area contributed by atoms with Crippen LogP contribution in [0.25, 0.3) is 15.8 Å². The number of likely N-dealkylation sites (N-methyl/N-ethyl adjacent to an activating group) is 1. The highest BCUT2D eigenvalue weighted by Crippen LogP contribution is 2.46. The van der Waals surface area contributed by atoms with Gasteiger partial charge in [0.2, 0.25) is 5.91 Å². The Morgan fingerprint density at radius 3 is 2.77 bits per heavy atom. The maximum Gasteiger partial charge on any atom is 0.230 e. The van der Waals surface area contributed by atoms with Crippen molar-refractivity contribution in [1.82, 2.24) is 9.88 Å². The van der Waals surface area contributed by atoms with E-state index in [0.29, 0.717) is 0 Å². The molecule has 0 atom stereocenters. The molecule has 1 amide bonds. The minimum absolute atomic E-state index is 0.103. The number of hydrogen-bond acceptors (Lipinski definition) is 5. The second-order valence-electron chi connectivity index (χ2n) is 8.97. The molecule has 0 bridgehead atoms. The summed E-state index contributed by atoms with van der Waals surface area (Å²) in [6, 6.07) is 9.91. The van der Waals surface area contributed by atoms with Gasteiger partial charge in [0.25, 0.3) is 0 Å². The number of carbonyl (C=O) groups is 1. The van der Waals surface area contributed by atoms with Crippen LogP contribution in [0.15, 0.2) is 42.6 Å². The zero-order valence-corrected chi connectivity index (χ0v) is 19.0. The van der Waals surface area contributed by atoms with E-state index in [4.69, 9.17) is 4.74 Å². The van der Waals surface area contributed by atoms with Crippen molar-refractivity contribution in [3.63, 3.8) is 0 Å². The Balaban J connectivity index is 1.38. The predicted molar refractivity (Wildman–Crippen MR) is 127 cm³/mol. The van der Waals surface area contributed by atoms with Crippen molar-refractivity contribution in [3.05, 3.63) is 53.0 Å². The Morgan fingerprint density at radius 2 is 2.06 bits per heavy atom. The molecule has 6 heteroatoms. The predicted octanol–water partition coefficient (Wildman–Crippen LogP) is 5.85. The number of rotatable bonds is 5. The number of nitrogens with zero attached hydrogens (tertiary/aromatic N) is 2. The Kier molecular flexibility index (Phi) is 5.07. The van der Waals surface area contributed by atoms with Crippen molar-refractivity contribution < 1.29 is 9.53 Å². The number of hydrogen-bond donors (Lipinski definition) is 1. The molecule has 1 aliphatic carbocycles. The monoisotopic (exact) mass is 433 g/mol. The first kappa shape index (κ1) is 20.2. The molecule has 1 fully saturated rings. The Labute approximate surface area is 186 Å². The van der Waals surface area contributed by atoms with Gasteiger partial charge in [-0.05, 0) is 68.6 Å². The molecule has 3 heterocycles. The second-order valence-corrected chi connectivity index (χ2v) is 10.0. The molecule has 1 N–H and O–H groups in total. The minimum Gasteiger partial charge on any atom is -0.455 e. The number of amides is 1. The fourth-order valence-corrected chi connectivity index (χ4v) is 4.94. The summed E-state index contributed by atoms with van der Waals surface area (Å²) in [5, 5.41) is 3.04. The van der Waals surface area contributed by atoms with E-state index >= 15 is 0 Å². The highest BCUT2D eigenvalue weighted by molar-refractivity contribution is 7.20. The lowest BCUT2D eigenvalue weighted by Gasteiger charge is -2.21. The van der Waals surface area contributed by atoms with E-state index in [1.807, 2.05) is 38.1 Å². The van der Waals surface area contributed by atoms with Crippen LogP contribution < -0.4 is 10.1 Å². The van der Waals surface area contributed by atoms with E-state index in [9.17, 15) is 4.79 Å². The molecule has 5 rings (SSSR count). The Morgan fingerprint density at radius 1 is 1.23 bits per heavy atom. The van der Waals surface area contributed by atoms with Crippen molar-refractivity contribution >= 4 is 38.7 Å². The summed E-state index contributed by atoms with van der Waals surface area (Å²) in [5.41, 5.74) is 3.98. The first-order chi connectivity index (χ1) is 14.9. The number of thiophene rings is 1. The number of pyridine rings is 1. The number of fused-ring (bicyclic) bond motifs is 1. The lowest BCUT2D eigenvalue weighted by Crippen LogP contribution is -2.23. The number of carbonyl (C=O) groups excluding carboxylic acids is 1. The Hall–Kier alpha value is -2.70. The molecule has 0 saturated heterocycles. The van der Waals surface area contributed by atoms with E-state index < -0.39 is 0 Å². The molecule has 3 aromatic rings. The van der Waals surface area contributed by atoms with E-state index in [-0.39, 0.29) is 11.3 Å². The second kappa shape index (κ2) is 7.77.